The summed E-state index contributed by atoms with van der Waals surface area (Å²) in [7, 11) is 0. The number of hydrogen-bond donors (Lipinski definition) is 2. The van der Waals surface area contributed by atoms with Gasteiger partial charge in [0.1, 0.15) is 35.3 Å². The molecule has 1 fully saturated rings. The third-order valence-electron chi connectivity index (χ3n) is 5.52. The van der Waals surface area contributed by atoms with Gasteiger partial charge in [-0.1, -0.05) is 24.2 Å². The van der Waals surface area contributed by atoms with E-state index in [0.717, 1.165) is 44.0 Å². The highest BCUT2D eigenvalue weighted by Crippen LogP contribution is 2.33. The molecule has 0 aliphatic carbocycles. The Morgan fingerprint density at radius 2 is 1.91 bits per heavy atom. The van der Waals surface area contributed by atoms with Crippen molar-refractivity contribution >= 4 is 34.0 Å². The van der Waals surface area contributed by atoms with E-state index in [-0.39, 0.29) is 5.82 Å². The molecule has 0 spiro atoms. The molecular formula is C24H25ClFN5O. The number of benzene rings is 2. The summed E-state index contributed by atoms with van der Waals surface area (Å²) >= 11 is 6.13. The number of hydrogen-bond acceptors (Lipinski definition) is 6. The highest BCUT2D eigenvalue weighted by atomic mass is 35.5. The van der Waals surface area contributed by atoms with E-state index in [9.17, 15) is 4.39 Å². The van der Waals surface area contributed by atoms with Crippen LogP contribution >= 0.6 is 11.6 Å². The van der Waals surface area contributed by atoms with Crippen molar-refractivity contribution in [1.82, 2.24) is 9.97 Å². The van der Waals surface area contributed by atoms with Crippen molar-refractivity contribution in [3.63, 3.8) is 0 Å². The number of nitrogens with one attached hydrogen (secondary N) is 1. The second-order valence-corrected chi connectivity index (χ2v) is 8.21. The first-order valence-electron chi connectivity index (χ1n) is 10.5. The van der Waals surface area contributed by atoms with Crippen LogP contribution in [0.4, 0.5) is 21.7 Å². The van der Waals surface area contributed by atoms with Crippen molar-refractivity contribution in [2.24, 2.45) is 5.92 Å². The lowest BCUT2D eigenvalue weighted by Crippen LogP contribution is -2.37. The number of piperidine rings is 1. The SMILES string of the molecule is C=C(Cl)c1c(N)ncnc1N1CCC(CNc2cccc(Oc3ccc(F)cc3)c2)CC1. The fraction of sp³-hybridized carbons (Fsp3) is 0.250. The van der Waals surface area contributed by atoms with Crippen LogP contribution in [0.5, 0.6) is 11.5 Å². The zero-order valence-electron chi connectivity index (χ0n) is 17.6. The Hall–Kier alpha value is -3.32. The number of aromatic nitrogens is 2. The van der Waals surface area contributed by atoms with Crippen LogP contribution in [0.25, 0.3) is 5.03 Å². The van der Waals surface area contributed by atoms with Gasteiger partial charge < -0.3 is 20.7 Å². The summed E-state index contributed by atoms with van der Waals surface area (Å²) in [5.41, 5.74) is 7.57. The molecule has 166 valence electrons. The topological polar surface area (TPSA) is 76.3 Å². The maximum atomic E-state index is 13.1. The van der Waals surface area contributed by atoms with Gasteiger partial charge >= 0.3 is 0 Å². The van der Waals surface area contributed by atoms with Gasteiger partial charge in [-0.05, 0) is 55.2 Å². The summed E-state index contributed by atoms with van der Waals surface area (Å²) in [6.45, 7) is 6.36. The normalized spacial score (nSPS) is 14.2. The van der Waals surface area contributed by atoms with Gasteiger partial charge in [0.05, 0.1) is 5.56 Å². The lowest BCUT2D eigenvalue weighted by atomic mass is 9.96. The zero-order chi connectivity index (χ0) is 22.5. The molecule has 0 radical (unpaired) electrons. The highest BCUT2D eigenvalue weighted by Gasteiger charge is 2.23. The smallest absolute Gasteiger partial charge is 0.142 e. The minimum Gasteiger partial charge on any atom is -0.457 e. The molecule has 1 aliphatic rings. The van der Waals surface area contributed by atoms with Gasteiger partial charge in [0, 0.05) is 36.4 Å². The summed E-state index contributed by atoms with van der Waals surface area (Å²) in [6.07, 6.45) is 3.48. The first-order chi connectivity index (χ1) is 15.5. The zero-order valence-corrected chi connectivity index (χ0v) is 18.4. The van der Waals surface area contributed by atoms with E-state index < -0.39 is 0 Å². The van der Waals surface area contributed by atoms with Crippen molar-refractivity contribution in [3.05, 3.63) is 72.8 Å². The lowest BCUT2D eigenvalue weighted by molar-refractivity contribution is 0.421. The van der Waals surface area contributed by atoms with Crippen LogP contribution < -0.4 is 20.7 Å². The molecule has 0 atom stereocenters. The average molecular weight is 454 g/mol. The largest absolute Gasteiger partial charge is 0.457 e. The summed E-state index contributed by atoms with van der Waals surface area (Å²) in [4.78, 5) is 10.6. The summed E-state index contributed by atoms with van der Waals surface area (Å²) < 4.78 is 18.9. The molecule has 1 aromatic heterocycles. The monoisotopic (exact) mass is 453 g/mol. The van der Waals surface area contributed by atoms with Crippen LogP contribution in [0, 0.1) is 11.7 Å². The molecule has 3 N–H and O–H groups in total. The minimum atomic E-state index is -0.286. The molecule has 0 bridgehead atoms. The number of anilines is 3. The van der Waals surface area contributed by atoms with Crippen LogP contribution in [-0.4, -0.2) is 29.6 Å². The number of nitrogens with two attached hydrogens (primary N) is 1. The fourth-order valence-electron chi connectivity index (χ4n) is 3.81. The standard InChI is InChI=1S/C24H25ClFN5O/c1-16(25)22-23(27)29-15-30-24(22)31-11-9-17(10-12-31)14-28-19-3-2-4-21(13-19)32-20-7-5-18(26)6-8-20/h2-8,13,15,17,28H,1,9-12,14H2,(H2,27,29,30). The molecule has 2 heterocycles. The Kier molecular flexibility index (Phi) is 6.75. The third-order valence-corrected chi connectivity index (χ3v) is 5.71. The van der Waals surface area contributed by atoms with Gasteiger partial charge in [-0.25, -0.2) is 14.4 Å². The predicted octanol–water partition coefficient (Wildman–Crippen LogP) is 5.53. The van der Waals surface area contributed by atoms with Crippen molar-refractivity contribution < 1.29 is 9.13 Å². The van der Waals surface area contributed by atoms with Crippen LogP contribution in [0.3, 0.4) is 0 Å². The minimum absolute atomic E-state index is 0.286. The first kappa shape index (κ1) is 21.9. The molecule has 6 nitrogen and oxygen atoms in total. The van der Waals surface area contributed by atoms with Crippen molar-refractivity contribution in [1.29, 1.82) is 0 Å². The van der Waals surface area contributed by atoms with E-state index in [2.05, 4.69) is 26.8 Å². The van der Waals surface area contributed by atoms with Gasteiger partial charge in [-0.15, -0.1) is 0 Å². The van der Waals surface area contributed by atoms with Gasteiger partial charge in [0.2, 0.25) is 0 Å². The molecule has 4 rings (SSSR count). The molecule has 3 aromatic rings. The number of nitrogen functional groups attached to an aromatic ring is 1. The molecule has 1 aliphatic heterocycles. The van der Waals surface area contributed by atoms with Gasteiger partial charge in [0.15, 0.2) is 0 Å². The quantitative estimate of drug-likeness (QED) is 0.490. The number of nitrogens with zero attached hydrogens (tertiary/aromatic N) is 3. The molecule has 0 saturated carbocycles. The Morgan fingerprint density at radius 1 is 1.16 bits per heavy atom. The van der Waals surface area contributed by atoms with Crippen molar-refractivity contribution in [2.75, 3.05) is 35.6 Å². The number of rotatable bonds is 7. The molecule has 8 heteroatoms. The summed E-state index contributed by atoms with van der Waals surface area (Å²) in [5.74, 6) is 2.63. The van der Waals surface area contributed by atoms with Crippen LogP contribution in [0.2, 0.25) is 0 Å². The number of halogens is 2. The Labute approximate surface area is 191 Å². The third kappa shape index (κ3) is 5.29. The summed E-state index contributed by atoms with van der Waals surface area (Å²) in [5, 5.41) is 3.86. The van der Waals surface area contributed by atoms with Gasteiger partial charge in [0.25, 0.3) is 0 Å². The maximum absolute atomic E-state index is 13.1. The van der Waals surface area contributed by atoms with Gasteiger partial charge in [-0.3, -0.25) is 0 Å². The Bertz CT molecular complexity index is 1080. The second-order valence-electron chi connectivity index (χ2n) is 7.76. The van der Waals surface area contributed by atoms with E-state index >= 15 is 0 Å². The Balaban J connectivity index is 1.32. The van der Waals surface area contributed by atoms with E-state index in [1.165, 1.54) is 18.5 Å². The molecule has 0 amide bonds. The second kappa shape index (κ2) is 9.87. The van der Waals surface area contributed by atoms with Crippen LogP contribution in [0.1, 0.15) is 18.4 Å². The molecule has 32 heavy (non-hydrogen) atoms. The first-order valence-corrected chi connectivity index (χ1v) is 10.8. The van der Waals surface area contributed by atoms with Gasteiger partial charge in [-0.2, -0.15) is 0 Å². The van der Waals surface area contributed by atoms with E-state index in [0.29, 0.717) is 33.8 Å². The van der Waals surface area contributed by atoms with E-state index in [1.54, 1.807) is 12.1 Å². The van der Waals surface area contributed by atoms with Crippen molar-refractivity contribution in [2.45, 2.75) is 12.8 Å². The van der Waals surface area contributed by atoms with E-state index in [1.807, 2.05) is 24.3 Å². The highest BCUT2D eigenvalue weighted by molar-refractivity contribution is 6.49. The molecule has 1 saturated heterocycles. The van der Waals surface area contributed by atoms with Crippen LogP contribution in [0.15, 0.2) is 61.4 Å². The molecular weight excluding hydrogens is 429 g/mol. The fourth-order valence-corrected chi connectivity index (χ4v) is 3.99. The van der Waals surface area contributed by atoms with E-state index in [4.69, 9.17) is 22.1 Å². The maximum Gasteiger partial charge on any atom is 0.142 e. The predicted molar refractivity (Wildman–Crippen MR) is 128 cm³/mol. The molecule has 0 unspecified atom stereocenters. The average Bonchev–Trinajstić information content (AvgIpc) is 2.79. The Morgan fingerprint density at radius 3 is 2.62 bits per heavy atom. The number of ether oxygens (including phenoxy) is 1. The molecule has 2 aromatic carbocycles. The lowest BCUT2D eigenvalue weighted by Gasteiger charge is -2.34. The van der Waals surface area contributed by atoms with Crippen molar-refractivity contribution in [3.8, 4) is 11.5 Å². The van der Waals surface area contributed by atoms with Crippen LogP contribution in [-0.2, 0) is 0 Å². The summed E-state index contributed by atoms with van der Waals surface area (Å²) in [6, 6.07) is 13.7.